The Morgan fingerprint density at radius 1 is 1.10 bits per heavy atom. The molecule has 96 valence electrons. The number of rotatable bonds is 1. The van der Waals surface area contributed by atoms with Crippen molar-refractivity contribution in [3.05, 3.63) is 70.1 Å². The maximum atomic E-state index is 13.3. The highest BCUT2D eigenvalue weighted by atomic mass is 19.1. The van der Waals surface area contributed by atoms with E-state index in [4.69, 9.17) is 0 Å². The van der Waals surface area contributed by atoms with Crippen molar-refractivity contribution in [1.82, 2.24) is 4.98 Å². The fourth-order valence-corrected chi connectivity index (χ4v) is 2.19. The van der Waals surface area contributed by atoms with E-state index in [0.717, 1.165) is 0 Å². The molecule has 1 N–H and O–H groups in total. The molecule has 3 aromatic rings. The minimum absolute atomic E-state index is 0.0373. The van der Waals surface area contributed by atoms with Crippen LogP contribution < -0.4 is 5.43 Å². The molecule has 2 aromatic carbocycles. The number of nitrogens with one attached hydrogen (secondary N) is 1. The lowest BCUT2D eigenvalue weighted by Crippen LogP contribution is -2.10. The van der Waals surface area contributed by atoms with E-state index in [0.29, 0.717) is 22.2 Å². The Kier molecular flexibility index (Phi) is 2.81. The Balaban J connectivity index is 2.43. The van der Waals surface area contributed by atoms with Crippen LogP contribution in [0.2, 0.25) is 0 Å². The van der Waals surface area contributed by atoms with Crippen LogP contribution in [-0.4, -0.2) is 4.98 Å². The van der Waals surface area contributed by atoms with Crippen molar-refractivity contribution in [3.63, 3.8) is 0 Å². The molecule has 0 atom stereocenters. The van der Waals surface area contributed by atoms with E-state index in [2.05, 4.69) is 4.98 Å². The van der Waals surface area contributed by atoms with Gasteiger partial charge in [-0.1, -0.05) is 30.3 Å². The normalized spacial score (nSPS) is 10.4. The highest BCUT2D eigenvalue weighted by Gasteiger charge is 2.13. The van der Waals surface area contributed by atoms with Crippen molar-refractivity contribution in [2.75, 3.05) is 0 Å². The van der Waals surface area contributed by atoms with Gasteiger partial charge in [-0.2, -0.15) is 5.26 Å². The zero-order valence-electron chi connectivity index (χ0n) is 10.4. The second kappa shape index (κ2) is 4.63. The van der Waals surface area contributed by atoms with E-state index in [-0.39, 0.29) is 11.0 Å². The van der Waals surface area contributed by atoms with Gasteiger partial charge in [-0.3, -0.25) is 4.79 Å². The number of fused-ring (bicyclic) bond motifs is 1. The number of aromatic nitrogens is 1. The van der Waals surface area contributed by atoms with Gasteiger partial charge in [0.15, 0.2) is 0 Å². The molecule has 0 radical (unpaired) electrons. The van der Waals surface area contributed by atoms with Gasteiger partial charge >= 0.3 is 0 Å². The van der Waals surface area contributed by atoms with Crippen molar-refractivity contribution in [2.24, 2.45) is 0 Å². The van der Waals surface area contributed by atoms with E-state index in [1.54, 1.807) is 12.1 Å². The van der Waals surface area contributed by atoms with Crippen LogP contribution in [0.5, 0.6) is 0 Å². The van der Waals surface area contributed by atoms with E-state index < -0.39 is 5.82 Å². The lowest BCUT2D eigenvalue weighted by molar-refractivity contribution is 0.629. The second-order valence-electron chi connectivity index (χ2n) is 4.37. The van der Waals surface area contributed by atoms with Gasteiger partial charge in [0, 0.05) is 5.39 Å². The summed E-state index contributed by atoms with van der Waals surface area (Å²) < 4.78 is 13.3. The fourth-order valence-electron chi connectivity index (χ4n) is 2.19. The van der Waals surface area contributed by atoms with Crippen molar-refractivity contribution in [1.29, 1.82) is 5.26 Å². The van der Waals surface area contributed by atoms with Gasteiger partial charge in [0.1, 0.15) is 17.4 Å². The lowest BCUT2D eigenvalue weighted by Gasteiger charge is -2.07. The van der Waals surface area contributed by atoms with Crippen LogP contribution in [0.15, 0.2) is 53.3 Å². The molecule has 3 nitrogen and oxygen atoms in total. The van der Waals surface area contributed by atoms with E-state index in [9.17, 15) is 14.4 Å². The Morgan fingerprint density at radius 2 is 1.85 bits per heavy atom. The van der Waals surface area contributed by atoms with E-state index in [1.807, 2.05) is 24.3 Å². The van der Waals surface area contributed by atoms with Crippen LogP contribution in [-0.2, 0) is 0 Å². The first-order valence-corrected chi connectivity index (χ1v) is 6.02. The first-order valence-electron chi connectivity index (χ1n) is 6.02. The molecule has 1 heterocycles. The first-order chi connectivity index (χ1) is 9.70. The molecule has 0 aliphatic heterocycles. The molecule has 0 bridgehead atoms. The molecule has 0 saturated heterocycles. The fraction of sp³-hybridized carbons (Fsp3) is 0. The van der Waals surface area contributed by atoms with Crippen molar-refractivity contribution >= 4 is 10.9 Å². The predicted molar refractivity (Wildman–Crippen MR) is 74.7 cm³/mol. The van der Waals surface area contributed by atoms with E-state index in [1.165, 1.54) is 18.2 Å². The van der Waals surface area contributed by atoms with Crippen LogP contribution in [0.3, 0.4) is 0 Å². The topological polar surface area (TPSA) is 56.6 Å². The molecular weight excluding hydrogens is 255 g/mol. The summed E-state index contributed by atoms with van der Waals surface area (Å²) in [5.41, 5.74) is 1.16. The molecule has 3 rings (SSSR count). The zero-order chi connectivity index (χ0) is 14.1. The minimum Gasteiger partial charge on any atom is -0.353 e. The summed E-state index contributed by atoms with van der Waals surface area (Å²) in [5, 5.41) is 9.54. The number of benzene rings is 2. The quantitative estimate of drug-likeness (QED) is 0.733. The van der Waals surface area contributed by atoms with Crippen molar-refractivity contribution < 1.29 is 4.39 Å². The molecule has 0 aliphatic rings. The summed E-state index contributed by atoms with van der Waals surface area (Å²) in [6.07, 6.45) is 0. The van der Waals surface area contributed by atoms with Crippen molar-refractivity contribution in [3.8, 4) is 17.3 Å². The van der Waals surface area contributed by atoms with Crippen LogP contribution in [0.4, 0.5) is 4.39 Å². The monoisotopic (exact) mass is 264 g/mol. The summed E-state index contributed by atoms with van der Waals surface area (Å²) in [6, 6.07) is 14.8. The molecule has 20 heavy (non-hydrogen) atoms. The Labute approximate surface area is 113 Å². The third kappa shape index (κ3) is 1.86. The number of nitriles is 1. The molecule has 0 saturated carbocycles. The number of nitrogens with zero attached hydrogens (tertiary/aromatic N) is 1. The van der Waals surface area contributed by atoms with Gasteiger partial charge in [-0.15, -0.1) is 0 Å². The maximum absolute atomic E-state index is 13.3. The van der Waals surface area contributed by atoms with Gasteiger partial charge in [0.25, 0.3) is 0 Å². The summed E-state index contributed by atoms with van der Waals surface area (Å²) in [7, 11) is 0. The largest absolute Gasteiger partial charge is 0.353 e. The molecular formula is C16H9FN2O. The Morgan fingerprint density at radius 3 is 2.55 bits per heavy atom. The van der Waals surface area contributed by atoms with Crippen LogP contribution in [0.1, 0.15) is 5.56 Å². The molecule has 0 spiro atoms. The summed E-state index contributed by atoms with van der Waals surface area (Å²) in [4.78, 5) is 15.3. The van der Waals surface area contributed by atoms with Gasteiger partial charge in [-0.25, -0.2) is 4.39 Å². The standard InChI is InChI=1S/C16H9FN2O/c17-11-6-7-12-14(8-11)19-15(13(9-18)16(12)20)10-4-2-1-3-5-10/h1-8H,(H,19,20). The average Bonchev–Trinajstić information content (AvgIpc) is 2.47. The first kappa shape index (κ1) is 12.1. The third-order valence-electron chi connectivity index (χ3n) is 3.14. The molecule has 0 aliphatic carbocycles. The van der Waals surface area contributed by atoms with Crippen LogP contribution in [0, 0.1) is 17.1 Å². The smallest absolute Gasteiger partial charge is 0.207 e. The van der Waals surface area contributed by atoms with Crippen LogP contribution >= 0.6 is 0 Å². The summed E-state index contributed by atoms with van der Waals surface area (Å²) in [6.45, 7) is 0. The van der Waals surface area contributed by atoms with Gasteiger partial charge < -0.3 is 4.98 Å². The highest BCUT2D eigenvalue weighted by molar-refractivity contribution is 5.84. The second-order valence-corrected chi connectivity index (χ2v) is 4.37. The van der Waals surface area contributed by atoms with Gasteiger partial charge in [0.05, 0.1) is 11.2 Å². The number of hydrogen-bond acceptors (Lipinski definition) is 2. The molecule has 1 aromatic heterocycles. The Hall–Kier alpha value is -2.93. The zero-order valence-corrected chi connectivity index (χ0v) is 10.4. The lowest BCUT2D eigenvalue weighted by atomic mass is 10.0. The Bertz CT molecular complexity index is 892. The third-order valence-corrected chi connectivity index (χ3v) is 3.14. The minimum atomic E-state index is -0.433. The summed E-state index contributed by atoms with van der Waals surface area (Å²) in [5.74, 6) is -0.433. The number of pyridine rings is 1. The van der Waals surface area contributed by atoms with Gasteiger partial charge in [0.2, 0.25) is 5.43 Å². The molecule has 0 amide bonds. The van der Waals surface area contributed by atoms with Crippen molar-refractivity contribution in [2.45, 2.75) is 0 Å². The summed E-state index contributed by atoms with van der Waals surface area (Å²) >= 11 is 0. The SMILES string of the molecule is N#Cc1c(-c2ccccc2)[nH]c2cc(F)ccc2c1=O. The highest BCUT2D eigenvalue weighted by Crippen LogP contribution is 2.22. The van der Waals surface area contributed by atoms with Crippen LogP contribution in [0.25, 0.3) is 22.2 Å². The number of halogens is 1. The number of aromatic amines is 1. The molecule has 0 fully saturated rings. The molecule has 0 unspecified atom stereocenters. The number of H-pyrrole nitrogens is 1. The predicted octanol–water partition coefficient (Wildman–Crippen LogP) is 3.21. The van der Waals surface area contributed by atoms with Gasteiger partial charge in [-0.05, 0) is 23.8 Å². The van der Waals surface area contributed by atoms with E-state index >= 15 is 0 Å². The average molecular weight is 264 g/mol. The number of hydrogen-bond donors (Lipinski definition) is 1. The maximum Gasteiger partial charge on any atom is 0.207 e. The molecule has 4 heteroatoms.